The van der Waals surface area contributed by atoms with E-state index in [0.29, 0.717) is 0 Å². The molecule has 3 aliphatic rings. The number of hydrogen-bond donors (Lipinski definition) is 0. The van der Waals surface area contributed by atoms with Crippen molar-refractivity contribution in [3.8, 4) is 0 Å². The van der Waals surface area contributed by atoms with Gasteiger partial charge >= 0.3 is 0 Å². The Hall–Kier alpha value is 0. The summed E-state index contributed by atoms with van der Waals surface area (Å²) in [7, 11) is 0. The molecular formula is C8H14. The lowest BCUT2D eigenvalue weighted by molar-refractivity contribution is -0.107. The summed E-state index contributed by atoms with van der Waals surface area (Å²) in [6.45, 7) is 4.73. The van der Waals surface area contributed by atoms with Crippen molar-refractivity contribution in [3.05, 3.63) is 0 Å². The van der Waals surface area contributed by atoms with Gasteiger partial charge in [0.2, 0.25) is 0 Å². The van der Waals surface area contributed by atoms with Crippen molar-refractivity contribution in [1.29, 1.82) is 0 Å². The zero-order valence-electron chi connectivity index (χ0n) is 5.72. The van der Waals surface area contributed by atoms with Crippen LogP contribution in [0.15, 0.2) is 0 Å². The highest BCUT2D eigenvalue weighted by molar-refractivity contribution is 5.02. The maximum absolute atomic E-state index is 2.36. The van der Waals surface area contributed by atoms with Crippen molar-refractivity contribution < 1.29 is 0 Å². The molecule has 0 heteroatoms. The molecule has 2 bridgehead atoms. The summed E-state index contributed by atoms with van der Waals surface area (Å²) >= 11 is 0. The van der Waals surface area contributed by atoms with Crippen molar-refractivity contribution >= 4 is 0 Å². The monoisotopic (exact) mass is 110 g/mol. The van der Waals surface area contributed by atoms with E-state index in [2.05, 4.69) is 13.8 Å². The molecule has 0 spiro atoms. The first-order valence-corrected chi connectivity index (χ1v) is 3.79. The Balaban J connectivity index is 1.94. The molecule has 0 aromatic carbocycles. The normalized spacial score (nSPS) is 50.6. The van der Waals surface area contributed by atoms with Crippen molar-refractivity contribution in [2.24, 2.45) is 23.7 Å². The van der Waals surface area contributed by atoms with E-state index in [1.54, 1.807) is 12.8 Å². The van der Waals surface area contributed by atoms with Gasteiger partial charge in [-0.05, 0) is 36.5 Å². The van der Waals surface area contributed by atoms with Crippen molar-refractivity contribution in [2.45, 2.75) is 26.7 Å². The van der Waals surface area contributed by atoms with Gasteiger partial charge in [0.15, 0.2) is 0 Å². The van der Waals surface area contributed by atoms with E-state index in [9.17, 15) is 0 Å². The van der Waals surface area contributed by atoms with Crippen LogP contribution < -0.4 is 0 Å². The lowest BCUT2D eigenvalue weighted by Gasteiger charge is -2.60. The van der Waals surface area contributed by atoms with Crippen LogP contribution in [0.3, 0.4) is 0 Å². The minimum atomic E-state index is 0.979. The molecule has 0 aliphatic heterocycles. The summed E-state index contributed by atoms with van der Waals surface area (Å²) < 4.78 is 0. The molecule has 0 aromatic heterocycles. The van der Waals surface area contributed by atoms with Gasteiger partial charge < -0.3 is 0 Å². The van der Waals surface area contributed by atoms with Gasteiger partial charge in [-0.25, -0.2) is 0 Å². The van der Waals surface area contributed by atoms with Gasteiger partial charge in [-0.3, -0.25) is 0 Å². The summed E-state index contributed by atoms with van der Waals surface area (Å²) in [6, 6.07) is 0. The van der Waals surface area contributed by atoms with Crippen LogP contribution in [0, 0.1) is 23.7 Å². The average molecular weight is 110 g/mol. The fraction of sp³-hybridized carbons (Fsp3) is 1.00. The van der Waals surface area contributed by atoms with Crippen LogP contribution in [0.4, 0.5) is 0 Å². The lowest BCUT2D eigenvalue weighted by atomic mass is 9.45. The minimum absolute atomic E-state index is 0.979. The van der Waals surface area contributed by atoms with Crippen LogP contribution in [-0.4, -0.2) is 0 Å². The first kappa shape index (κ1) is 4.84. The summed E-state index contributed by atoms with van der Waals surface area (Å²) in [5, 5.41) is 0. The molecule has 0 radical (unpaired) electrons. The van der Waals surface area contributed by atoms with E-state index < -0.39 is 0 Å². The molecule has 46 valence electrons. The van der Waals surface area contributed by atoms with E-state index in [4.69, 9.17) is 0 Å². The van der Waals surface area contributed by atoms with E-state index in [1.807, 2.05) is 0 Å². The second-order valence-electron chi connectivity index (χ2n) is 3.81. The zero-order chi connectivity index (χ0) is 5.72. The minimum Gasteiger partial charge on any atom is -0.0625 e. The summed E-state index contributed by atoms with van der Waals surface area (Å²) in [5.74, 6) is 4.46. The van der Waals surface area contributed by atoms with Gasteiger partial charge in [0.05, 0.1) is 0 Å². The Morgan fingerprint density at radius 1 is 1.12 bits per heavy atom. The molecule has 0 aromatic rings. The van der Waals surface area contributed by atoms with Gasteiger partial charge in [-0.2, -0.15) is 0 Å². The Morgan fingerprint density at radius 2 is 1.62 bits per heavy atom. The Bertz CT molecular complexity index is 87.9. The van der Waals surface area contributed by atoms with Crippen molar-refractivity contribution in [3.63, 3.8) is 0 Å². The van der Waals surface area contributed by atoms with E-state index in [1.165, 1.54) is 11.8 Å². The fourth-order valence-corrected chi connectivity index (χ4v) is 2.42. The Kier molecular flexibility index (Phi) is 0.778. The largest absolute Gasteiger partial charge is 0.0625 e. The Morgan fingerprint density at radius 3 is 1.62 bits per heavy atom. The molecule has 3 saturated carbocycles. The highest BCUT2D eigenvalue weighted by Gasteiger charge is 2.52. The highest BCUT2D eigenvalue weighted by Crippen LogP contribution is 2.61. The molecule has 0 saturated heterocycles. The van der Waals surface area contributed by atoms with Crippen LogP contribution in [0.2, 0.25) is 0 Å². The molecule has 0 nitrogen and oxygen atoms in total. The summed E-state index contributed by atoms with van der Waals surface area (Å²) in [4.78, 5) is 0. The third-order valence-electron chi connectivity index (χ3n) is 3.07. The molecule has 3 rings (SSSR count). The average Bonchev–Trinajstić information content (AvgIpc) is 1.14. The Labute approximate surface area is 51.3 Å². The molecule has 0 atom stereocenters. The molecule has 0 N–H and O–H groups in total. The highest BCUT2D eigenvalue weighted by atomic mass is 14.6. The van der Waals surface area contributed by atoms with Crippen LogP contribution >= 0.6 is 0 Å². The van der Waals surface area contributed by atoms with Crippen LogP contribution in [0.1, 0.15) is 26.7 Å². The predicted octanol–water partition coefficient (Wildman–Crippen LogP) is 2.30. The number of rotatable bonds is 1. The third kappa shape index (κ3) is 0.375. The second kappa shape index (κ2) is 1.29. The predicted molar refractivity (Wildman–Crippen MR) is 34.5 cm³/mol. The molecule has 8 heavy (non-hydrogen) atoms. The molecule has 3 aliphatic carbocycles. The molecule has 0 heterocycles. The van der Waals surface area contributed by atoms with Crippen LogP contribution in [0.5, 0.6) is 0 Å². The van der Waals surface area contributed by atoms with E-state index in [0.717, 1.165) is 11.8 Å². The molecule has 3 fully saturated rings. The smallest absolute Gasteiger partial charge is 0.0334 e. The van der Waals surface area contributed by atoms with Gasteiger partial charge in [0.1, 0.15) is 0 Å². The van der Waals surface area contributed by atoms with Crippen LogP contribution in [-0.2, 0) is 0 Å². The third-order valence-corrected chi connectivity index (χ3v) is 3.07. The standard InChI is InChI=1S/C8H14/c1-5(2)8-6-3-7(8)4-6/h5-8H,3-4H2,1-2H3. The topological polar surface area (TPSA) is 0 Å². The first-order chi connectivity index (χ1) is 3.79. The molecule has 0 amide bonds. The quantitative estimate of drug-likeness (QED) is 0.486. The maximum atomic E-state index is 2.36. The van der Waals surface area contributed by atoms with Gasteiger partial charge in [-0.1, -0.05) is 13.8 Å². The maximum Gasteiger partial charge on any atom is -0.0334 e. The SMILES string of the molecule is CC(C)C1C2CC1C2. The van der Waals surface area contributed by atoms with Crippen LogP contribution in [0.25, 0.3) is 0 Å². The fourth-order valence-electron chi connectivity index (χ4n) is 2.42. The second-order valence-corrected chi connectivity index (χ2v) is 3.81. The van der Waals surface area contributed by atoms with E-state index >= 15 is 0 Å². The lowest BCUT2D eigenvalue weighted by Crippen LogP contribution is -2.52. The summed E-state index contributed by atoms with van der Waals surface area (Å²) in [5.41, 5.74) is 0. The summed E-state index contributed by atoms with van der Waals surface area (Å²) in [6.07, 6.45) is 3.14. The first-order valence-electron chi connectivity index (χ1n) is 3.79. The van der Waals surface area contributed by atoms with Gasteiger partial charge in [0, 0.05) is 0 Å². The van der Waals surface area contributed by atoms with Gasteiger partial charge in [-0.15, -0.1) is 0 Å². The van der Waals surface area contributed by atoms with Crippen molar-refractivity contribution in [2.75, 3.05) is 0 Å². The molecular weight excluding hydrogens is 96.1 g/mol. The van der Waals surface area contributed by atoms with Gasteiger partial charge in [0.25, 0.3) is 0 Å². The number of hydrogen-bond acceptors (Lipinski definition) is 0. The molecule has 0 unspecified atom stereocenters. The van der Waals surface area contributed by atoms with Crippen molar-refractivity contribution in [1.82, 2.24) is 0 Å². The van der Waals surface area contributed by atoms with E-state index in [-0.39, 0.29) is 0 Å². The zero-order valence-corrected chi connectivity index (χ0v) is 5.72.